The Morgan fingerprint density at radius 1 is 1.46 bits per heavy atom. The number of aliphatic hydroxyl groups excluding tert-OH is 1. The number of likely N-dealkylation sites (N-methyl/N-ethyl adjacent to an activating group) is 1. The lowest BCUT2D eigenvalue weighted by atomic mass is 10.3. The van der Waals surface area contributed by atoms with Crippen LogP contribution in [0.15, 0.2) is 0 Å². The molecular formula is C10H21NO2. The van der Waals surface area contributed by atoms with Gasteiger partial charge in [0.2, 0.25) is 0 Å². The summed E-state index contributed by atoms with van der Waals surface area (Å²) in [4.78, 5) is 2.34. The van der Waals surface area contributed by atoms with E-state index in [1.807, 2.05) is 6.92 Å². The number of ether oxygens (including phenoxy) is 1. The lowest BCUT2D eigenvalue weighted by Gasteiger charge is -2.22. The van der Waals surface area contributed by atoms with E-state index in [0.717, 1.165) is 19.1 Å². The second-order valence-corrected chi connectivity index (χ2v) is 3.63. The van der Waals surface area contributed by atoms with Gasteiger partial charge < -0.3 is 9.84 Å². The highest BCUT2D eigenvalue weighted by molar-refractivity contribution is 4.84. The van der Waals surface area contributed by atoms with Crippen molar-refractivity contribution in [3.8, 4) is 0 Å². The summed E-state index contributed by atoms with van der Waals surface area (Å²) in [6.07, 6.45) is 2.28. The maximum absolute atomic E-state index is 9.59. The Hall–Kier alpha value is -0.120. The molecule has 13 heavy (non-hydrogen) atoms. The highest BCUT2D eigenvalue weighted by Crippen LogP contribution is 2.26. The first-order valence-corrected chi connectivity index (χ1v) is 5.27. The van der Waals surface area contributed by atoms with E-state index in [9.17, 15) is 5.11 Å². The molecular weight excluding hydrogens is 166 g/mol. The topological polar surface area (TPSA) is 32.7 Å². The predicted molar refractivity (Wildman–Crippen MR) is 52.8 cm³/mol. The fourth-order valence-corrected chi connectivity index (χ4v) is 1.55. The van der Waals surface area contributed by atoms with Crippen LogP contribution in [-0.4, -0.2) is 48.5 Å². The smallest absolute Gasteiger partial charge is 0.0900 e. The maximum Gasteiger partial charge on any atom is 0.0900 e. The van der Waals surface area contributed by atoms with E-state index in [0.29, 0.717) is 13.2 Å². The zero-order chi connectivity index (χ0) is 9.68. The summed E-state index contributed by atoms with van der Waals surface area (Å²) in [5.41, 5.74) is 0. The van der Waals surface area contributed by atoms with Crippen molar-refractivity contribution in [2.24, 2.45) is 0 Å². The molecule has 1 aliphatic rings. The minimum atomic E-state index is -0.319. The van der Waals surface area contributed by atoms with E-state index in [-0.39, 0.29) is 6.10 Å². The van der Waals surface area contributed by atoms with Crippen LogP contribution in [0.3, 0.4) is 0 Å². The van der Waals surface area contributed by atoms with Crippen molar-refractivity contribution in [1.82, 2.24) is 4.90 Å². The SMILES string of the molecule is CCOCC(O)CN(CC)C1CC1. The van der Waals surface area contributed by atoms with Crippen LogP contribution in [-0.2, 0) is 4.74 Å². The average Bonchev–Trinajstić information content (AvgIpc) is 2.94. The van der Waals surface area contributed by atoms with Gasteiger partial charge in [-0.3, -0.25) is 4.90 Å². The molecule has 1 atom stereocenters. The highest BCUT2D eigenvalue weighted by Gasteiger charge is 2.28. The van der Waals surface area contributed by atoms with Gasteiger partial charge in [0.15, 0.2) is 0 Å². The van der Waals surface area contributed by atoms with Gasteiger partial charge in [0.1, 0.15) is 0 Å². The van der Waals surface area contributed by atoms with Gasteiger partial charge in [-0.25, -0.2) is 0 Å². The molecule has 3 heteroatoms. The molecule has 0 bridgehead atoms. The standard InChI is InChI=1S/C10H21NO2/c1-3-11(9-5-6-9)7-10(12)8-13-4-2/h9-10,12H,3-8H2,1-2H3. The lowest BCUT2D eigenvalue weighted by Crippen LogP contribution is -2.36. The third-order valence-corrected chi connectivity index (χ3v) is 2.43. The Kier molecular flexibility index (Phi) is 4.70. The van der Waals surface area contributed by atoms with Crippen LogP contribution in [0.25, 0.3) is 0 Å². The van der Waals surface area contributed by atoms with E-state index in [1.165, 1.54) is 12.8 Å². The monoisotopic (exact) mass is 187 g/mol. The first kappa shape index (κ1) is 11.0. The largest absolute Gasteiger partial charge is 0.389 e. The second-order valence-electron chi connectivity index (χ2n) is 3.63. The van der Waals surface area contributed by atoms with E-state index in [4.69, 9.17) is 4.74 Å². The first-order valence-electron chi connectivity index (χ1n) is 5.27. The molecule has 0 saturated heterocycles. The van der Waals surface area contributed by atoms with Crippen molar-refractivity contribution >= 4 is 0 Å². The van der Waals surface area contributed by atoms with Gasteiger partial charge in [-0.15, -0.1) is 0 Å². The van der Waals surface area contributed by atoms with E-state index in [2.05, 4.69) is 11.8 Å². The molecule has 1 saturated carbocycles. The van der Waals surface area contributed by atoms with Crippen LogP contribution < -0.4 is 0 Å². The van der Waals surface area contributed by atoms with Crippen LogP contribution in [0.4, 0.5) is 0 Å². The number of aliphatic hydroxyl groups is 1. The van der Waals surface area contributed by atoms with Gasteiger partial charge in [-0.1, -0.05) is 6.92 Å². The minimum absolute atomic E-state index is 0.319. The summed E-state index contributed by atoms with van der Waals surface area (Å²) in [5.74, 6) is 0. The van der Waals surface area contributed by atoms with Crippen molar-refractivity contribution in [3.05, 3.63) is 0 Å². The normalized spacial score (nSPS) is 19.4. The van der Waals surface area contributed by atoms with Crippen molar-refractivity contribution in [1.29, 1.82) is 0 Å². The third kappa shape index (κ3) is 4.07. The number of nitrogens with zero attached hydrogens (tertiary/aromatic N) is 1. The maximum atomic E-state index is 9.59. The van der Waals surface area contributed by atoms with Gasteiger partial charge in [-0.2, -0.15) is 0 Å². The second kappa shape index (κ2) is 5.58. The van der Waals surface area contributed by atoms with Gasteiger partial charge in [0, 0.05) is 19.2 Å². The zero-order valence-corrected chi connectivity index (χ0v) is 8.70. The van der Waals surface area contributed by atoms with Crippen LogP contribution in [0, 0.1) is 0 Å². The van der Waals surface area contributed by atoms with Gasteiger partial charge in [0.25, 0.3) is 0 Å². The number of rotatable bonds is 7. The third-order valence-electron chi connectivity index (χ3n) is 2.43. The summed E-state index contributed by atoms with van der Waals surface area (Å²) >= 11 is 0. The number of hydrogen-bond acceptors (Lipinski definition) is 3. The molecule has 1 fully saturated rings. The Morgan fingerprint density at radius 3 is 2.62 bits per heavy atom. The Balaban J connectivity index is 2.12. The summed E-state index contributed by atoms with van der Waals surface area (Å²) in [7, 11) is 0. The Labute approximate surface area is 80.7 Å². The minimum Gasteiger partial charge on any atom is -0.389 e. The van der Waals surface area contributed by atoms with Crippen molar-refractivity contribution < 1.29 is 9.84 Å². The van der Waals surface area contributed by atoms with Crippen LogP contribution in [0.1, 0.15) is 26.7 Å². The quantitative estimate of drug-likeness (QED) is 0.642. The molecule has 0 aliphatic heterocycles. The summed E-state index contributed by atoms with van der Waals surface area (Å²) in [5, 5.41) is 9.59. The highest BCUT2D eigenvalue weighted by atomic mass is 16.5. The fraction of sp³-hybridized carbons (Fsp3) is 1.00. The Bertz CT molecular complexity index is 137. The predicted octanol–water partition coefficient (Wildman–Crippen LogP) is 0.868. The van der Waals surface area contributed by atoms with E-state index in [1.54, 1.807) is 0 Å². The van der Waals surface area contributed by atoms with Crippen LogP contribution in [0.2, 0.25) is 0 Å². The molecule has 1 unspecified atom stereocenters. The summed E-state index contributed by atoms with van der Waals surface area (Å²) in [6, 6.07) is 0.737. The van der Waals surface area contributed by atoms with E-state index < -0.39 is 0 Å². The van der Waals surface area contributed by atoms with E-state index >= 15 is 0 Å². The Morgan fingerprint density at radius 2 is 2.15 bits per heavy atom. The van der Waals surface area contributed by atoms with Crippen molar-refractivity contribution in [2.75, 3.05) is 26.3 Å². The molecule has 1 rings (SSSR count). The zero-order valence-electron chi connectivity index (χ0n) is 8.70. The lowest BCUT2D eigenvalue weighted by molar-refractivity contribution is 0.0205. The van der Waals surface area contributed by atoms with Gasteiger partial charge >= 0.3 is 0 Å². The molecule has 78 valence electrons. The molecule has 0 heterocycles. The number of hydrogen-bond donors (Lipinski definition) is 1. The molecule has 0 spiro atoms. The fourth-order valence-electron chi connectivity index (χ4n) is 1.55. The molecule has 0 radical (unpaired) electrons. The molecule has 3 nitrogen and oxygen atoms in total. The molecule has 0 aromatic carbocycles. The van der Waals surface area contributed by atoms with Crippen molar-refractivity contribution in [2.45, 2.75) is 38.8 Å². The first-order chi connectivity index (χ1) is 6.27. The summed E-state index contributed by atoms with van der Waals surface area (Å²) in [6.45, 7) is 7.05. The summed E-state index contributed by atoms with van der Waals surface area (Å²) < 4.78 is 5.16. The molecule has 1 aliphatic carbocycles. The molecule has 1 N–H and O–H groups in total. The van der Waals surface area contributed by atoms with Crippen LogP contribution in [0.5, 0.6) is 0 Å². The van der Waals surface area contributed by atoms with Gasteiger partial charge in [-0.05, 0) is 26.3 Å². The average molecular weight is 187 g/mol. The van der Waals surface area contributed by atoms with Crippen LogP contribution >= 0.6 is 0 Å². The molecule has 0 aromatic heterocycles. The van der Waals surface area contributed by atoms with Gasteiger partial charge in [0.05, 0.1) is 12.7 Å². The molecule has 0 aromatic rings. The van der Waals surface area contributed by atoms with Crippen molar-refractivity contribution in [3.63, 3.8) is 0 Å². The molecule has 0 amide bonds.